The van der Waals surface area contributed by atoms with Crippen LogP contribution in [0.15, 0.2) is 30.3 Å². The summed E-state index contributed by atoms with van der Waals surface area (Å²) < 4.78 is 30.9. The topological polar surface area (TPSA) is 55.4 Å². The molecule has 0 unspecified atom stereocenters. The molecule has 1 aromatic carbocycles. The molecule has 1 saturated carbocycles. The maximum absolute atomic E-state index is 11.5. The molecule has 0 bridgehead atoms. The fourth-order valence-corrected chi connectivity index (χ4v) is 2.88. The van der Waals surface area contributed by atoms with Gasteiger partial charge in [0.15, 0.2) is 0 Å². The molecule has 0 saturated heterocycles. The summed E-state index contributed by atoms with van der Waals surface area (Å²) in [4.78, 5) is 0. The van der Waals surface area contributed by atoms with Crippen LogP contribution in [0.25, 0.3) is 0 Å². The molecule has 1 fully saturated rings. The minimum atomic E-state index is -3.06. The Bertz CT molecular complexity index is 440. The van der Waals surface area contributed by atoms with Crippen molar-refractivity contribution in [1.82, 2.24) is 4.72 Å². The van der Waals surface area contributed by atoms with Crippen LogP contribution in [-0.2, 0) is 21.4 Å². The van der Waals surface area contributed by atoms with Gasteiger partial charge < -0.3 is 4.74 Å². The first-order valence-corrected chi connectivity index (χ1v) is 7.33. The van der Waals surface area contributed by atoms with Gasteiger partial charge in [-0.3, -0.25) is 0 Å². The molecule has 0 atom stereocenters. The van der Waals surface area contributed by atoms with E-state index in [1.807, 2.05) is 30.3 Å². The van der Waals surface area contributed by atoms with Gasteiger partial charge in [-0.25, -0.2) is 13.1 Å². The minimum absolute atomic E-state index is 0.156. The first-order valence-electron chi connectivity index (χ1n) is 5.78. The van der Waals surface area contributed by atoms with Crippen LogP contribution in [0, 0.1) is 0 Å². The van der Waals surface area contributed by atoms with Gasteiger partial charge in [0.05, 0.1) is 18.5 Å². The number of benzene rings is 1. The van der Waals surface area contributed by atoms with Crippen molar-refractivity contribution in [2.24, 2.45) is 0 Å². The zero-order chi connectivity index (χ0) is 12.1. The van der Waals surface area contributed by atoms with Crippen LogP contribution in [0.5, 0.6) is 0 Å². The van der Waals surface area contributed by atoms with Gasteiger partial charge in [0.1, 0.15) is 0 Å². The lowest BCUT2D eigenvalue weighted by atomic mass is 10.2. The molecule has 0 spiro atoms. The number of nitrogens with one attached hydrogen (secondary N) is 1. The largest absolute Gasteiger partial charge is 0.375 e. The molecule has 1 aromatic rings. The van der Waals surface area contributed by atoms with Crippen molar-refractivity contribution in [3.8, 4) is 0 Å². The second kappa shape index (κ2) is 5.62. The molecule has 5 heteroatoms. The normalized spacial score (nSPS) is 16.0. The Morgan fingerprint density at radius 2 is 1.94 bits per heavy atom. The summed E-state index contributed by atoms with van der Waals surface area (Å²) in [6.45, 7) is 1.28. The second-order valence-electron chi connectivity index (χ2n) is 4.18. The SMILES string of the molecule is O=S(=O)(NCCOCc1ccccc1)C1CC1. The van der Waals surface area contributed by atoms with E-state index >= 15 is 0 Å². The van der Waals surface area contributed by atoms with E-state index in [9.17, 15) is 8.42 Å². The Morgan fingerprint density at radius 3 is 2.59 bits per heavy atom. The Labute approximate surface area is 102 Å². The summed E-state index contributed by atoms with van der Waals surface area (Å²) in [6.07, 6.45) is 1.58. The fraction of sp³-hybridized carbons (Fsp3) is 0.500. The number of hydrogen-bond donors (Lipinski definition) is 1. The molecule has 0 radical (unpaired) electrons. The van der Waals surface area contributed by atoms with Crippen molar-refractivity contribution >= 4 is 10.0 Å². The Morgan fingerprint density at radius 1 is 1.24 bits per heavy atom. The minimum Gasteiger partial charge on any atom is -0.375 e. The smallest absolute Gasteiger partial charge is 0.214 e. The van der Waals surface area contributed by atoms with Crippen molar-refractivity contribution in [3.63, 3.8) is 0 Å². The second-order valence-corrected chi connectivity index (χ2v) is 6.22. The highest BCUT2D eigenvalue weighted by molar-refractivity contribution is 7.90. The Kier molecular flexibility index (Phi) is 4.15. The highest BCUT2D eigenvalue weighted by Crippen LogP contribution is 2.27. The van der Waals surface area contributed by atoms with E-state index in [-0.39, 0.29) is 5.25 Å². The molecular weight excluding hydrogens is 238 g/mol. The van der Waals surface area contributed by atoms with E-state index in [1.165, 1.54) is 0 Å². The van der Waals surface area contributed by atoms with Crippen LogP contribution in [0.3, 0.4) is 0 Å². The van der Waals surface area contributed by atoms with E-state index in [4.69, 9.17) is 4.74 Å². The van der Waals surface area contributed by atoms with Gasteiger partial charge in [0.2, 0.25) is 10.0 Å². The quantitative estimate of drug-likeness (QED) is 0.747. The van der Waals surface area contributed by atoms with Gasteiger partial charge in [0.25, 0.3) is 0 Å². The number of hydrogen-bond acceptors (Lipinski definition) is 3. The predicted molar refractivity (Wildman–Crippen MR) is 66.0 cm³/mol. The van der Waals surface area contributed by atoms with Crippen molar-refractivity contribution < 1.29 is 13.2 Å². The number of ether oxygens (including phenoxy) is 1. The molecule has 4 nitrogen and oxygen atoms in total. The lowest BCUT2D eigenvalue weighted by molar-refractivity contribution is 0.126. The van der Waals surface area contributed by atoms with Crippen LogP contribution in [0.2, 0.25) is 0 Å². The third kappa shape index (κ3) is 4.11. The highest BCUT2D eigenvalue weighted by Gasteiger charge is 2.35. The first-order chi connectivity index (χ1) is 8.18. The molecule has 1 aliphatic rings. The molecule has 1 N–H and O–H groups in total. The van der Waals surface area contributed by atoms with Crippen LogP contribution in [0.1, 0.15) is 18.4 Å². The van der Waals surface area contributed by atoms with Gasteiger partial charge in [-0.2, -0.15) is 0 Å². The summed E-state index contributed by atoms with van der Waals surface area (Å²) in [7, 11) is -3.06. The van der Waals surface area contributed by atoms with Crippen LogP contribution in [-0.4, -0.2) is 26.8 Å². The van der Waals surface area contributed by atoms with Gasteiger partial charge in [-0.1, -0.05) is 30.3 Å². The Hall–Kier alpha value is -0.910. The van der Waals surface area contributed by atoms with Crippen molar-refractivity contribution in [2.75, 3.05) is 13.2 Å². The third-order valence-electron chi connectivity index (χ3n) is 2.62. The number of sulfonamides is 1. The maximum Gasteiger partial charge on any atom is 0.214 e. The monoisotopic (exact) mass is 255 g/mol. The molecular formula is C12H17NO3S. The predicted octanol–water partition coefficient (Wildman–Crippen LogP) is 1.28. The molecule has 2 rings (SSSR count). The van der Waals surface area contributed by atoms with Gasteiger partial charge in [-0.15, -0.1) is 0 Å². The average molecular weight is 255 g/mol. The summed E-state index contributed by atoms with van der Waals surface area (Å²) in [6, 6.07) is 9.82. The van der Waals surface area contributed by atoms with Crippen molar-refractivity contribution in [2.45, 2.75) is 24.7 Å². The van der Waals surface area contributed by atoms with Crippen LogP contribution >= 0.6 is 0 Å². The fourth-order valence-electron chi connectivity index (χ4n) is 1.52. The molecule has 0 aliphatic heterocycles. The van der Waals surface area contributed by atoms with Crippen LogP contribution in [0.4, 0.5) is 0 Å². The Balaban J connectivity index is 1.61. The summed E-state index contributed by atoms with van der Waals surface area (Å²) >= 11 is 0. The third-order valence-corrected chi connectivity index (χ3v) is 4.58. The van der Waals surface area contributed by atoms with E-state index < -0.39 is 10.0 Å². The van der Waals surface area contributed by atoms with Gasteiger partial charge >= 0.3 is 0 Å². The van der Waals surface area contributed by atoms with E-state index in [2.05, 4.69) is 4.72 Å². The van der Waals surface area contributed by atoms with E-state index in [0.717, 1.165) is 18.4 Å². The van der Waals surface area contributed by atoms with Gasteiger partial charge in [0, 0.05) is 6.54 Å². The molecule has 1 aliphatic carbocycles. The first kappa shape index (κ1) is 12.5. The molecule has 0 amide bonds. The lowest BCUT2D eigenvalue weighted by Gasteiger charge is -2.06. The number of rotatable bonds is 7. The molecule has 94 valence electrons. The molecule has 0 aromatic heterocycles. The summed E-state index contributed by atoms with van der Waals surface area (Å²) in [5.74, 6) is 0. The maximum atomic E-state index is 11.5. The zero-order valence-corrected chi connectivity index (χ0v) is 10.4. The van der Waals surface area contributed by atoms with E-state index in [0.29, 0.717) is 19.8 Å². The lowest BCUT2D eigenvalue weighted by Crippen LogP contribution is -2.30. The van der Waals surface area contributed by atoms with Gasteiger partial charge in [-0.05, 0) is 18.4 Å². The zero-order valence-electron chi connectivity index (χ0n) is 9.63. The summed E-state index contributed by atoms with van der Waals surface area (Å²) in [5.41, 5.74) is 1.09. The van der Waals surface area contributed by atoms with E-state index in [1.54, 1.807) is 0 Å². The highest BCUT2D eigenvalue weighted by atomic mass is 32.2. The van der Waals surface area contributed by atoms with Crippen molar-refractivity contribution in [3.05, 3.63) is 35.9 Å². The molecule has 17 heavy (non-hydrogen) atoms. The summed E-state index contributed by atoms with van der Waals surface area (Å²) in [5, 5.41) is -0.156. The standard InChI is InChI=1S/C12H17NO3S/c14-17(15,12-6-7-12)13-8-9-16-10-11-4-2-1-3-5-11/h1-5,12-13H,6-10H2. The van der Waals surface area contributed by atoms with Crippen molar-refractivity contribution in [1.29, 1.82) is 0 Å². The average Bonchev–Trinajstić information content (AvgIpc) is 3.14. The van der Waals surface area contributed by atoms with Crippen LogP contribution < -0.4 is 4.72 Å². The molecule has 0 heterocycles.